The summed E-state index contributed by atoms with van der Waals surface area (Å²) in [5, 5.41) is 8.69. The van der Waals surface area contributed by atoms with Crippen LogP contribution in [0, 0.1) is 0 Å². The standard InChI is InChI=1S/C17H27N3OS.ClH/c21-16(19-10-13-20-11-8-18-9-12-20)17(6-2-1-3-7-17)15-5-4-14-22-15;/h4-5,14,18H,1-3,6-13H2,(H,19,21);1H. The third-order valence-corrected chi connectivity index (χ3v) is 6.13. The average molecular weight is 358 g/mol. The van der Waals surface area contributed by atoms with Crippen LogP contribution in [0.25, 0.3) is 0 Å². The van der Waals surface area contributed by atoms with Crippen LogP contribution in [0.5, 0.6) is 0 Å². The van der Waals surface area contributed by atoms with Gasteiger partial charge in [-0.15, -0.1) is 23.7 Å². The lowest BCUT2D eigenvalue weighted by Crippen LogP contribution is -2.49. The molecule has 23 heavy (non-hydrogen) atoms. The predicted molar refractivity (Wildman–Crippen MR) is 98.6 cm³/mol. The van der Waals surface area contributed by atoms with E-state index < -0.39 is 0 Å². The SMILES string of the molecule is Cl.O=C(NCCN1CCNCC1)C1(c2cccs2)CCCCC1. The molecule has 2 aliphatic rings. The van der Waals surface area contributed by atoms with E-state index in [1.165, 1.54) is 24.1 Å². The van der Waals surface area contributed by atoms with Crippen LogP contribution in [0.4, 0.5) is 0 Å². The maximum atomic E-state index is 12.9. The van der Waals surface area contributed by atoms with Gasteiger partial charge in [0, 0.05) is 44.1 Å². The van der Waals surface area contributed by atoms with Crippen molar-refractivity contribution in [1.82, 2.24) is 15.5 Å². The molecule has 0 atom stereocenters. The molecular weight excluding hydrogens is 330 g/mol. The molecule has 0 bridgehead atoms. The number of piperazine rings is 1. The van der Waals surface area contributed by atoms with Crippen LogP contribution < -0.4 is 10.6 Å². The van der Waals surface area contributed by atoms with Crippen molar-refractivity contribution in [3.05, 3.63) is 22.4 Å². The fourth-order valence-electron chi connectivity index (χ4n) is 3.72. The van der Waals surface area contributed by atoms with Crippen molar-refractivity contribution in [2.75, 3.05) is 39.3 Å². The van der Waals surface area contributed by atoms with Crippen LogP contribution >= 0.6 is 23.7 Å². The van der Waals surface area contributed by atoms with Crippen LogP contribution in [0.3, 0.4) is 0 Å². The second-order valence-corrected chi connectivity index (χ2v) is 7.42. The van der Waals surface area contributed by atoms with Gasteiger partial charge in [-0.3, -0.25) is 9.69 Å². The average Bonchev–Trinajstić information content (AvgIpc) is 3.11. The molecular formula is C17H28ClN3OS. The Labute approximate surface area is 149 Å². The molecule has 0 unspecified atom stereocenters. The Kier molecular flexibility index (Phi) is 7.34. The van der Waals surface area contributed by atoms with Crippen LogP contribution in [-0.4, -0.2) is 50.1 Å². The van der Waals surface area contributed by atoms with E-state index in [9.17, 15) is 4.79 Å². The van der Waals surface area contributed by atoms with Crippen molar-refractivity contribution >= 4 is 29.7 Å². The summed E-state index contributed by atoms with van der Waals surface area (Å²) < 4.78 is 0. The monoisotopic (exact) mass is 357 g/mol. The molecule has 1 amide bonds. The highest BCUT2D eigenvalue weighted by molar-refractivity contribution is 7.10. The van der Waals surface area contributed by atoms with Crippen molar-refractivity contribution in [2.45, 2.75) is 37.5 Å². The van der Waals surface area contributed by atoms with E-state index in [1.807, 2.05) is 0 Å². The number of nitrogens with one attached hydrogen (secondary N) is 2. The normalized spacial score (nSPS) is 21.4. The summed E-state index contributed by atoms with van der Waals surface area (Å²) in [7, 11) is 0. The zero-order valence-electron chi connectivity index (χ0n) is 13.7. The summed E-state index contributed by atoms with van der Waals surface area (Å²) in [5.41, 5.74) is -0.254. The quantitative estimate of drug-likeness (QED) is 0.850. The van der Waals surface area contributed by atoms with E-state index in [-0.39, 0.29) is 23.7 Å². The summed E-state index contributed by atoms with van der Waals surface area (Å²) in [6.07, 6.45) is 5.62. The Morgan fingerprint density at radius 3 is 2.65 bits per heavy atom. The molecule has 6 heteroatoms. The number of carbonyl (C=O) groups excluding carboxylic acids is 1. The lowest BCUT2D eigenvalue weighted by molar-refractivity contribution is -0.128. The molecule has 3 rings (SSSR count). The molecule has 2 N–H and O–H groups in total. The van der Waals surface area contributed by atoms with E-state index in [1.54, 1.807) is 11.3 Å². The molecule has 2 heterocycles. The Hall–Kier alpha value is -0.620. The van der Waals surface area contributed by atoms with E-state index in [4.69, 9.17) is 0 Å². The highest BCUT2D eigenvalue weighted by atomic mass is 35.5. The third kappa shape index (κ3) is 4.47. The molecule has 2 fully saturated rings. The van der Waals surface area contributed by atoms with Crippen molar-refractivity contribution in [1.29, 1.82) is 0 Å². The third-order valence-electron chi connectivity index (χ3n) is 5.06. The molecule has 0 spiro atoms. The first-order chi connectivity index (χ1) is 10.8. The summed E-state index contributed by atoms with van der Waals surface area (Å²) >= 11 is 1.74. The van der Waals surface area contributed by atoms with Crippen LogP contribution in [0.2, 0.25) is 0 Å². The fraction of sp³-hybridized carbons (Fsp3) is 0.706. The first-order valence-corrected chi connectivity index (χ1v) is 9.45. The zero-order chi connectivity index (χ0) is 15.3. The Bertz CT molecular complexity index is 468. The van der Waals surface area contributed by atoms with Gasteiger partial charge in [0.1, 0.15) is 0 Å². The number of hydrogen-bond acceptors (Lipinski definition) is 4. The highest BCUT2D eigenvalue weighted by Gasteiger charge is 2.41. The highest BCUT2D eigenvalue weighted by Crippen LogP contribution is 2.41. The lowest BCUT2D eigenvalue weighted by atomic mass is 9.72. The molecule has 130 valence electrons. The van der Waals surface area contributed by atoms with Gasteiger partial charge in [0.25, 0.3) is 0 Å². The number of hydrogen-bond donors (Lipinski definition) is 2. The fourth-order valence-corrected chi connectivity index (χ4v) is 4.71. The van der Waals surface area contributed by atoms with Gasteiger partial charge >= 0.3 is 0 Å². The first-order valence-electron chi connectivity index (χ1n) is 8.57. The summed E-state index contributed by atoms with van der Waals surface area (Å²) in [6, 6.07) is 4.22. The maximum Gasteiger partial charge on any atom is 0.231 e. The van der Waals surface area contributed by atoms with Gasteiger partial charge in [-0.05, 0) is 24.3 Å². The molecule has 1 aromatic rings. The van der Waals surface area contributed by atoms with Crippen LogP contribution in [0.15, 0.2) is 17.5 Å². The summed E-state index contributed by atoms with van der Waals surface area (Å²) in [4.78, 5) is 16.6. The van der Waals surface area contributed by atoms with E-state index in [0.29, 0.717) is 0 Å². The minimum atomic E-state index is -0.254. The van der Waals surface area contributed by atoms with Gasteiger partial charge in [0.15, 0.2) is 0 Å². The lowest BCUT2D eigenvalue weighted by Gasteiger charge is -2.35. The van der Waals surface area contributed by atoms with Gasteiger partial charge in [0.05, 0.1) is 5.41 Å². The maximum absolute atomic E-state index is 12.9. The minimum Gasteiger partial charge on any atom is -0.354 e. The van der Waals surface area contributed by atoms with Crippen LogP contribution in [0.1, 0.15) is 37.0 Å². The molecule has 1 saturated heterocycles. The van der Waals surface area contributed by atoms with E-state index >= 15 is 0 Å². The Morgan fingerprint density at radius 1 is 1.26 bits per heavy atom. The number of halogens is 1. The van der Waals surface area contributed by atoms with Gasteiger partial charge in [-0.2, -0.15) is 0 Å². The molecule has 1 aromatic heterocycles. The van der Waals surface area contributed by atoms with Gasteiger partial charge in [-0.25, -0.2) is 0 Å². The van der Waals surface area contributed by atoms with Gasteiger partial charge < -0.3 is 10.6 Å². The first kappa shape index (κ1) is 18.7. The second kappa shape index (κ2) is 9.02. The number of nitrogens with zero attached hydrogens (tertiary/aromatic N) is 1. The Balaban J connectivity index is 0.00000192. The summed E-state index contributed by atoms with van der Waals surface area (Å²) in [5.74, 6) is 0.254. The number of amides is 1. The van der Waals surface area contributed by atoms with Gasteiger partial charge in [-0.1, -0.05) is 25.3 Å². The second-order valence-electron chi connectivity index (χ2n) is 6.47. The van der Waals surface area contributed by atoms with Crippen molar-refractivity contribution in [3.8, 4) is 0 Å². The zero-order valence-corrected chi connectivity index (χ0v) is 15.3. The predicted octanol–water partition coefficient (Wildman–Crippen LogP) is 2.39. The molecule has 0 aromatic carbocycles. The van der Waals surface area contributed by atoms with Crippen molar-refractivity contribution in [2.24, 2.45) is 0 Å². The largest absolute Gasteiger partial charge is 0.354 e. The Morgan fingerprint density at radius 2 is 2.00 bits per heavy atom. The smallest absolute Gasteiger partial charge is 0.231 e. The molecule has 1 saturated carbocycles. The van der Waals surface area contributed by atoms with Gasteiger partial charge in [0.2, 0.25) is 5.91 Å². The minimum absolute atomic E-state index is 0. The molecule has 0 radical (unpaired) electrons. The molecule has 1 aliphatic carbocycles. The number of thiophene rings is 1. The summed E-state index contributed by atoms with van der Waals surface area (Å²) in [6.45, 7) is 6.04. The number of rotatable bonds is 5. The van der Waals surface area contributed by atoms with E-state index in [0.717, 1.165) is 52.1 Å². The van der Waals surface area contributed by atoms with Crippen molar-refractivity contribution < 1.29 is 4.79 Å². The molecule has 1 aliphatic heterocycles. The topological polar surface area (TPSA) is 44.4 Å². The van der Waals surface area contributed by atoms with E-state index in [2.05, 4.69) is 33.0 Å². The van der Waals surface area contributed by atoms with Crippen LogP contribution in [-0.2, 0) is 10.2 Å². The molecule has 4 nitrogen and oxygen atoms in total. The number of carbonyl (C=O) groups is 1. The van der Waals surface area contributed by atoms with Crippen molar-refractivity contribution in [3.63, 3.8) is 0 Å².